The zero-order valence-electron chi connectivity index (χ0n) is 5.22. The van der Waals surface area contributed by atoms with Gasteiger partial charge in [0.1, 0.15) is 0 Å². The standard InChI is InChI=1S/C3H6N4O4/c4-2(6-10)1(5-9)3(8)7-11/h9-11H,(H2,4,6)(H,7,8)/b5-1+. The molecular weight excluding hydrogens is 156 g/mol. The van der Waals surface area contributed by atoms with E-state index in [0.29, 0.717) is 0 Å². The van der Waals surface area contributed by atoms with E-state index in [-0.39, 0.29) is 0 Å². The van der Waals surface area contributed by atoms with Crippen LogP contribution in [-0.4, -0.2) is 33.1 Å². The van der Waals surface area contributed by atoms with Crippen LogP contribution in [0.1, 0.15) is 0 Å². The molecule has 1 amide bonds. The van der Waals surface area contributed by atoms with Crippen LogP contribution in [0.25, 0.3) is 0 Å². The summed E-state index contributed by atoms with van der Waals surface area (Å²) in [5, 5.41) is 28.8. The van der Waals surface area contributed by atoms with E-state index < -0.39 is 17.5 Å². The maximum Gasteiger partial charge on any atom is 0.300 e. The molecule has 0 saturated heterocycles. The molecule has 0 heterocycles. The molecule has 0 aromatic carbocycles. The lowest BCUT2D eigenvalue weighted by atomic mass is 10.3. The first kappa shape index (κ1) is 9.17. The highest BCUT2D eigenvalue weighted by Crippen LogP contribution is 1.77. The van der Waals surface area contributed by atoms with E-state index in [1.165, 1.54) is 0 Å². The lowest BCUT2D eigenvalue weighted by Gasteiger charge is -1.97. The molecule has 8 nitrogen and oxygen atoms in total. The van der Waals surface area contributed by atoms with Crippen molar-refractivity contribution < 1.29 is 20.4 Å². The normalized spacial score (nSPS) is 12.8. The molecule has 11 heavy (non-hydrogen) atoms. The summed E-state index contributed by atoms with van der Waals surface area (Å²) < 4.78 is 0. The van der Waals surface area contributed by atoms with Gasteiger partial charge in [0.25, 0.3) is 0 Å². The molecule has 0 rings (SSSR count). The minimum atomic E-state index is -1.18. The van der Waals surface area contributed by atoms with Gasteiger partial charge in [0.05, 0.1) is 0 Å². The van der Waals surface area contributed by atoms with E-state index in [1.54, 1.807) is 0 Å². The first-order valence-corrected chi connectivity index (χ1v) is 2.31. The zero-order valence-corrected chi connectivity index (χ0v) is 5.22. The maximum atomic E-state index is 10.4. The second-order valence-corrected chi connectivity index (χ2v) is 1.37. The van der Waals surface area contributed by atoms with Crippen molar-refractivity contribution in [2.24, 2.45) is 16.0 Å². The van der Waals surface area contributed by atoms with Gasteiger partial charge in [0.15, 0.2) is 5.84 Å². The molecule has 0 atom stereocenters. The van der Waals surface area contributed by atoms with Crippen molar-refractivity contribution in [2.45, 2.75) is 0 Å². The highest BCUT2D eigenvalue weighted by Gasteiger charge is 2.15. The smallest absolute Gasteiger partial charge is 0.300 e. The van der Waals surface area contributed by atoms with E-state index in [0.717, 1.165) is 5.48 Å². The van der Waals surface area contributed by atoms with Gasteiger partial charge in [0, 0.05) is 0 Å². The molecule has 0 fully saturated rings. The Balaban J connectivity index is 4.57. The zero-order chi connectivity index (χ0) is 8.85. The van der Waals surface area contributed by atoms with Crippen LogP contribution in [0.15, 0.2) is 10.3 Å². The number of hydrogen-bond acceptors (Lipinski definition) is 6. The third kappa shape index (κ3) is 2.10. The number of hydroxylamine groups is 1. The topological polar surface area (TPSA) is 141 Å². The number of nitrogens with zero attached hydrogens (tertiary/aromatic N) is 2. The third-order valence-electron chi connectivity index (χ3n) is 0.767. The van der Waals surface area contributed by atoms with E-state index in [1.807, 2.05) is 0 Å². The second kappa shape index (κ2) is 4.06. The Morgan fingerprint density at radius 3 is 2.18 bits per heavy atom. The van der Waals surface area contributed by atoms with Crippen molar-refractivity contribution in [3.05, 3.63) is 0 Å². The number of rotatable bonds is 2. The highest BCUT2D eigenvalue weighted by molar-refractivity contribution is 6.65. The van der Waals surface area contributed by atoms with Crippen LogP contribution in [0.2, 0.25) is 0 Å². The predicted octanol–water partition coefficient (Wildman–Crippen LogP) is -1.93. The molecule has 0 spiro atoms. The molecule has 0 aliphatic rings. The summed E-state index contributed by atoms with van der Waals surface area (Å²) in [5.74, 6) is -1.89. The molecule has 0 unspecified atom stereocenters. The van der Waals surface area contributed by atoms with Gasteiger partial charge in [-0.15, -0.1) is 0 Å². The van der Waals surface area contributed by atoms with Gasteiger partial charge < -0.3 is 16.1 Å². The van der Waals surface area contributed by atoms with E-state index in [9.17, 15) is 4.79 Å². The fourth-order valence-corrected chi connectivity index (χ4v) is 0.313. The fourth-order valence-electron chi connectivity index (χ4n) is 0.313. The summed E-state index contributed by atoms with van der Waals surface area (Å²) in [6.07, 6.45) is 0. The molecule has 0 bridgehead atoms. The molecular formula is C3H6N4O4. The van der Waals surface area contributed by atoms with Gasteiger partial charge in [-0.2, -0.15) is 0 Å². The quantitative estimate of drug-likeness (QED) is 0.106. The largest absolute Gasteiger partial charge is 0.410 e. The Labute approximate surface area is 60.6 Å². The number of carbonyl (C=O) groups is 1. The summed E-state index contributed by atoms with van der Waals surface area (Å²) in [5.41, 5.74) is 5.19. The van der Waals surface area contributed by atoms with Crippen LogP contribution in [-0.2, 0) is 4.79 Å². The molecule has 0 aromatic rings. The van der Waals surface area contributed by atoms with Crippen molar-refractivity contribution in [3.8, 4) is 0 Å². The number of nitrogens with one attached hydrogen (secondary N) is 1. The highest BCUT2D eigenvalue weighted by atomic mass is 16.5. The van der Waals surface area contributed by atoms with Gasteiger partial charge in [-0.1, -0.05) is 10.3 Å². The number of carbonyl (C=O) groups excluding carboxylic acids is 1. The Bertz CT molecular complexity index is 209. The Morgan fingerprint density at radius 2 is 1.91 bits per heavy atom. The first-order chi connectivity index (χ1) is 5.17. The molecule has 0 aliphatic heterocycles. The van der Waals surface area contributed by atoms with Gasteiger partial charge in [-0.05, 0) is 0 Å². The lowest BCUT2D eigenvalue weighted by molar-refractivity contribution is -0.122. The molecule has 6 N–H and O–H groups in total. The van der Waals surface area contributed by atoms with Crippen LogP contribution in [0.5, 0.6) is 0 Å². The fraction of sp³-hybridized carbons (Fsp3) is 0. The average molecular weight is 162 g/mol. The number of amidine groups is 1. The summed E-state index contributed by atoms with van der Waals surface area (Å²) in [6.45, 7) is 0. The number of oxime groups is 2. The van der Waals surface area contributed by atoms with Crippen molar-refractivity contribution in [1.29, 1.82) is 0 Å². The van der Waals surface area contributed by atoms with Gasteiger partial charge in [-0.25, -0.2) is 5.48 Å². The molecule has 62 valence electrons. The monoisotopic (exact) mass is 162 g/mol. The van der Waals surface area contributed by atoms with Crippen molar-refractivity contribution in [1.82, 2.24) is 5.48 Å². The minimum Gasteiger partial charge on any atom is -0.410 e. The van der Waals surface area contributed by atoms with Gasteiger partial charge >= 0.3 is 5.91 Å². The third-order valence-corrected chi connectivity index (χ3v) is 0.767. The predicted molar refractivity (Wildman–Crippen MR) is 32.6 cm³/mol. The minimum absolute atomic E-state index is 0.709. The van der Waals surface area contributed by atoms with E-state index in [4.69, 9.17) is 21.4 Å². The summed E-state index contributed by atoms with van der Waals surface area (Å²) >= 11 is 0. The first-order valence-electron chi connectivity index (χ1n) is 2.31. The molecule has 0 radical (unpaired) electrons. The van der Waals surface area contributed by atoms with Crippen LogP contribution in [0, 0.1) is 0 Å². The lowest BCUT2D eigenvalue weighted by Crippen LogP contribution is -2.38. The molecule has 0 aromatic heterocycles. The Morgan fingerprint density at radius 1 is 1.36 bits per heavy atom. The Kier molecular flexibility index (Phi) is 3.39. The average Bonchev–Trinajstić information content (AvgIpc) is 2.05. The number of hydrogen-bond donors (Lipinski definition) is 5. The van der Waals surface area contributed by atoms with Gasteiger partial charge in [0.2, 0.25) is 5.71 Å². The van der Waals surface area contributed by atoms with E-state index in [2.05, 4.69) is 10.3 Å². The molecule has 0 aliphatic carbocycles. The molecule has 8 heteroatoms. The van der Waals surface area contributed by atoms with E-state index >= 15 is 0 Å². The van der Waals surface area contributed by atoms with Crippen molar-refractivity contribution in [2.75, 3.05) is 0 Å². The molecule has 0 saturated carbocycles. The maximum absolute atomic E-state index is 10.4. The summed E-state index contributed by atoms with van der Waals surface area (Å²) in [6, 6.07) is 0. The SMILES string of the molecule is NC(=N\O)/C(=N\O)C(=O)NO. The van der Waals surface area contributed by atoms with Gasteiger partial charge in [-0.3, -0.25) is 10.0 Å². The summed E-state index contributed by atoms with van der Waals surface area (Å²) in [4.78, 5) is 10.4. The summed E-state index contributed by atoms with van der Waals surface area (Å²) in [7, 11) is 0. The van der Waals surface area contributed by atoms with Crippen LogP contribution in [0.4, 0.5) is 0 Å². The second-order valence-electron chi connectivity index (χ2n) is 1.37. The van der Waals surface area contributed by atoms with Crippen LogP contribution < -0.4 is 11.2 Å². The number of amides is 1. The number of nitrogens with two attached hydrogens (primary N) is 1. The van der Waals surface area contributed by atoms with Crippen molar-refractivity contribution in [3.63, 3.8) is 0 Å². The van der Waals surface area contributed by atoms with Crippen molar-refractivity contribution >= 4 is 17.5 Å². The van der Waals surface area contributed by atoms with Crippen LogP contribution >= 0.6 is 0 Å². The Hall–Kier alpha value is -1.83. The van der Waals surface area contributed by atoms with Crippen LogP contribution in [0.3, 0.4) is 0 Å².